The molecule has 1 amide bonds. The van der Waals surface area contributed by atoms with Crippen molar-refractivity contribution in [1.29, 1.82) is 5.26 Å². The normalized spacial score (nSPS) is 24.0. The summed E-state index contributed by atoms with van der Waals surface area (Å²) in [6.45, 7) is 4.47. The van der Waals surface area contributed by atoms with Crippen molar-refractivity contribution in [2.75, 3.05) is 19.6 Å². The molecule has 0 aliphatic carbocycles. The molecule has 1 rings (SSSR count). The first-order chi connectivity index (χ1) is 7.75. The van der Waals surface area contributed by atoms with Crippen molar-refractivity contribution in [1.82, 2.24) is 10.6 Å². The van der Waals surface area contributed by atoms with E-state index in [1.54, 1.807) is 0 Å². The topological polar surface area (TPSA) is 64.9 Å². The van der Waals surface area contributed by atoms with E-state index < -0.39 is 0 Å². The van der Waals surface area contributed by atoms with E-state index in [0.29, 0.717) is 13.0 Å². The Hall–Kier alpha value is -1.08. The van der Waals surface area contributed by atoms with Crippen LogP contribution >= 0.6 is 0 Å². The lowest BCUT2D eigenvalue weighted by atomic mass is 9.81. The van der Waals surface area contributed by atoms with E-state index in [-0.39, 0.29) is 11.3 Å². The van der Waals surface area contributed by atoms with Crippen LogP contribution in [0.2, 0.25) is 0 Å². The summed E-state index contributed by atoms with van der Waals surface area (Å²) in [6, 6.07) is 2.08. The summed E-state index contributed by atoms with van der Waals surface area (Å²) in [5.74, 6) is 0.164. The minimum absolute atomic E-state index is 0.164. The van der Waals surface area contributed by atoms with Gasteiger partial charge in [0, 0.05) is 19.5 Å². The monoisotopic (exact) mass is 223 g/mol. The lowest BCUT2D eigenvalue weighted by molar-refractivity contribution is -0.130. The predicted octanol–water partition coefficient (Wildman–Crippen LogP) is 1.19. The Bertz CT molecular complexity index is 264. The number of carbonyl (C=O) groups excluding carboxylic acids is 1. The molecule has 2 N–H and O–H groups in total. The van der Waals surface area contributed by atoms with Gasteiger partial charge < -0.3 is 10.6 Å². The van der Waals surface area contributed by atoms with Gasteiger partial charge >= 0.3 is 0 Å². The minimum atomic E-state index is -0.193. The summed E-state index contributed by atoms with van der Waals surface area (Å²) in [5.41, 5.74) is -0.193. The van der Waals surface area contributed by atoms with Gasteiger partial charge in [-0.2, -0.15) is 5.26 Å². The lowest BCUT2D eigenvalue weighted by Gasteiger charge is -2.26. The number of carbonyl (C=O) groups is 1. The highest BCUT2D eigenvalue weighted by atomic mass is 16.2. The molecule has 1 aliphatic heterocycles. The van der Waals surface area contributed by atoms with Gasteiger partial charge in [0.15, 0.2) is 0 Å². The second-order valence-electron chi connectivity index (χ2n) is 4.47. The van der Waals surface area contributed by atoms with Crippen LogP contribution in [0.1, 0.15) is 39.0 Å². The van der Waals surface area contributed by atoms with Crippen molar-refractivity contribution in [3.63, 3.8) is 0 Å². The van der Waals surface area contributed by atoms with Crippen LogP contribution in [0, 0.1) is 16.7 Å². The Labute approximate surface area is 97.4 Å². The molecule has 0 saturated carbocycles. The molecule has 1 heterocycles. The summed E-state index contributed by atoms with van der Waals surface area (Å²) in [4.78, 5) is 12.1. The molecule has 0 aromatic rings. The van der Waals surface area contributed by atoms with Gasteiger partial charge in [-0.1, -0.05) is 13.3 Å². The summed E-state index contributed by atoms with van der Waals surface area (Å²) in [5, 5.41) is 14.6. The van der Waals surface area contributed by atoms with Crippen LogP contribution in [0.25, 0.3) is 0 Å². The number of nitrogens with zero attached hydrogens (tertiary/aromatic N) is 1. The van der Waals surface area contributed by atoms with Crippen molar-refractivity contribution in [2.45, 2.75) is 39.0 Å². The average Bonchev–Trinajstić information content (AvgIpc) is 2.74. The first-order valence-corrected chi connectivity index (χ1v) is 6.11. The third-order valence-electron chi connectivity index (χ3n) is 3.20. The zero-order valence-electron chi connectivity index (χ0n) is 10.0. The van der Waals surface area contributed by atoms with Gasteiger partial charge in [0.25, 0.3) is 0 Å². The van der Waals surface area contributed by atoms with Crippen LogP contribution in [0.15, 0.2) is 0 Å². The third kappa shape index (κ3) is 3.21. The van der Waals surface area contributed by atoms with Gasteiger partial charge in [-0.3, -0.25) is 4.79 Å². The van der Waals surface area contributed by atoms with Crippen molar-refractivity contribution in [3.8, 4) is 6.07 Å². The van der Waals surface area contributed by atoms with E-state index in [9.17, 15) is 4.79 Å². The number of unbranched alkanes of at least 4 members (excludes halogenated alkanes) is 1. The molecule has 1 atom stereocenters. The second kappa shape index (κ2) is 6.49. The maximum Gasteiger partial charge on any atom is 0.227 e. The van der Waals surface area contributed by atoms with E-state index in [1.165, 1.54) is 0 Å². The summed E-state index contributed by atoms with van der Waals surface area (Å²) in [6.07, 6.45) is 4.18. The van der Waals surface area contributed by atoms with Gasteiger partial charge in [0.1, 0.15) is 0 Å². The predicted molar refractivity (Wildman–Crippen MR) is 62.7 cm³/mol. The number of amides is 1. The van der Waals surface area contributed by atoms with Crippen molar-refractivity contribution in [3.05, 3.63) is 0 Å². The van der Waals surface area contributed by atoms with Gasteiger partial charge in [-0.15, -0.1) is 0 Å². The third-order valence-corrected chi connectivity index (χ3v) is 3.20. The number of nitrogens with one attached hydrogen (secondary N) is 2. The Balaban J connectivity index is 2.39. The van der Waals surface area contributed by atoms with Gasteiger partial charge in [0.2, 0.25) is 5.91 Å². The fourth-order valence-corrected chi connectivity index (χ4v) is 2.30. The maximum absolute atomic E-state index is 12.1. The molecule has 1 saturated heterocycles. The van der Waals surface area contributed by atoms with E-state index in [0.717, 1.165) is 38.8 Å². The Kier molecular flexibility index (Phi) is 5.27. The van der Waals surface area contributed by atoms with E-state index >= 15 is 0 Å². The van der Waals surface area contributed by atoms with Crippen LogP contribution in [-0.2, 0) is 4.79 Å². The zero-order chi connectivity index (χ0) is 11.9. The fourth-order valence-electron chi connectivity index (χ4n) is 2.30. The van der Waals surface area contributed by atoms with E-state index in [1.807, 2.05) is 0 Å². The van der Waals surface area contributed by atoms with Gasteiger partial charge in [-0.05, 0) is 25.8 Å². The highest BCUT2D eigenvalue weighted by molar-refractivity contribution is 5.83. The molecule has 1 fully saturated rings. The first-order valence-electron chi connectivity index (χ1n) is 6.11. The number of hydrogen-bond acceptors (Lipinski definition) is 3. The van der Waals surface area contributed by atoms with Gasteiger partial charge in [-0.25, -0.2) is 0 Å². The molecule has 0 aromatic heterocycles. The molecule has 1 unspecified atom stereocenters. The summed E-state index contributed by atoms with van der Waals surface area (Å²) < 4.78 is 0. The van der Waals surface area contributed by atoms with Gasteiger partial charge in [0.05, 0.1) is 11.5 Å². The maximum atomic E-state index is 12.1. The number of rotatable bonds is 6. The molecule has 4 nitrogen and oxygen atoms in total. The molecular weight excluding hydrogens is 202 g/mol. The van der Waals surface area contributed by atoms with Crippen LogP contribution < -0.4 is 10.6 Å². The summed E-state index contributed by atoms with van der Waals surface area (Å²) in [7, 11) is 0. The van der Waals surface area contributed by atoms with Crippen LogP contribution in [-0.4, -0.2) is 25.5 Å². The Morgan fingerprint density at radius 2 is 2.44 bits per heavy atom. The molecule has 16 heavy (non-hydrogen) atoms. The van der Waals surface area contributed by atoms with Crippen LogP contribution in [0.4, 0.5) is 0 Å². The van der Waals surface area contributed by atoms with E-state index in [2.05, 4.69) is 23.6 Å². The number of hydrogen-bond donors (Lipinski definition) is 2. The fraction of sp³-hybridized carbons (Fsp3) is 0.833. The largest absolute Gasteiger partial charge is 0.356 e. The van der Waals surface area contributed by atoms with Crippen molar-refractivity contribution < 1.29 is 4.79 Å². The highest BCUT2D eigenvalue weighted by Crippen LogP contribution is 2.31. The number of nitriles is 1. The highest BCUT2D eigenvalue weighted by Gasteiger charge is 2.39. The zero-order valence-corrected chi connectivity index (χ0v) is 10.0. The standard InChI is InChI=1S/C12H21N3O/c1-2-5-12(6-9-14-10-12)11(16)15-8-4-3-7-13/h14H,2-6,8-10H2,1H3,(H,15,16). The molecule has 90 valence electrons. The van der Waals surface area contributed by atoms with E-state index in [4.69, 9.17) is 5.26 Å². The Morgan fingerprint density at radius 1 is 1.62 bits per heavy atom. The minimum Gasteiger partial charge on any atom is -0.356 e. The van der Waals surface area contributed by atoms with Crippen LogP contribution in [0.5, 0.6) is 0 Å². The second-order valence-corrected chi connectivity index (χ2v) is 4.47. The Morgan fingerprint density at radius 3 is 3.00 bits per heavy atom. The molecule has 0 aromatic carbocycles. The van der Waals surface area contributed by atoms with Crippen LogP contribution in [0.3, 0.4) is 0 Å². The molecule has 1 aliphatic rings. The molecule has 0 bridgehead atoms. The molecular formula is C12H21N3O. The SMILES string of the molecule is CCCC1(C(=O)NCCCC#N)CCNC1. The molecule has 0 radical (unpaired) electrons. The average molecular weight is 223 g/mol. The van der Waals surface area contributed by atoms with Crippen molar-refractivity contribution in [2.24, 2.45) is 5.41 Å². The first kappa shape index (κ1) is 13.0. The smallest absolute Gasteiger partial charge is 0.227 e. The van der Waals surface area contributed by atoms with Crippen molar-refractivity contribution >= 4 is 5.91 Å². The quantitative estimate of drug-likeness (QED) is 0.665. The lowest BCUT2D eigenvalue weighted by Crippen LogP contribution is -2.42. The molecule has 0 spiro atoms. The molecule has 4 heteroatoms. The summed E-state index contributed by atoms with van der Waals surface area (Å²) >= 11 is 0.